The first-order valence-corrected chi connectivity index (χ1v) is 5.10. The molecule has 6 nitrogen and oxygen atoms in total. The predicted octanol–water partition coefficient (Wildman–Crippen LogP) is -1.44. The third kappa shape index (κ3) is 9.37. The topological polar surface area (TPSA) is 110 Å². The standard InChI is InChI=1S/C4H11NO5Si/c6-4(7)5-2-1-3-11(8,9)10/h5,8-10H,1-3H2,(H,6,7). The lowest BCUT2D eigenvalue weighted by molar-refractivity contribution is 0.193. The fourth-order valence-corrected chi connectivity index (χ4v) is 1.17. The second-order valence-electron chi connectivity index (χ2n) is 2.11. The average molecular weight is 181 g/mol. The van der Waals surface area contributed by atoms with Crippen LogP contribution in [0, 0.1) is 0 Å². The molecule has 0 atom stereocenters. The molecular formula is C4H11NO5Si. The van der Waals surface area contributed by atoms with Gasteiger partial charge in [0.1, 0.15) is 0 Å². The van der Waals surface area contributed by atoms with Crippen LogP contribution in [-0.2, 0) is 0 Å². The van der Waals surface area contributed by atoms with Crippen molar-refractivity contribution >= 4 is 14.9 Å². The second-order valence-corrected chi connectivity index (χ2v) is 4.16. The zero-order chi connectivity index (χ0) is 8.91. The minimum atomic E-state index is -3.96. The molecule has 0 bridgehead atoms. The minimum Gasteiger partial charge on any atom is -0.465 e. The molecule has 66 valence electrons. The first-order chi connectivity index (χ1) is 4.92. The Morgan fingerprint density at radius 1 is 1.36 bits per heavy atom. The van der Waals surface area contributed by atoms with Gasteiger partial charge in [-0.1, -0.05) is 0 Å². The Hall–Kier alpha value is -0.633. The van der Waals surface area contributed by atoms with Crippen LogP contribution >= 0.6 is 0 Å². The average Bonchev–Trinajstić information content (AvgIpc) is 1.78. The summed E-state index contributed by atoms with van der Waals surface area (Å²) in [6, 6.07) is -0.146. The summed E-state index contributed by atoms with van der Waals surface area (Å²) in [4.78, 5) is 35.2. The van der Waals surface area contributed by atoms with E-state index in [2.05, 4.69) is 0 Å². The van der Waals surface area contributed by atoms with Gasteiger partial charge in [0, 0.05) is 12.6 Å². The van der Waals surface area contributed by atoms with Crippen LogP contribution in [0.15, 0.2) is 0 Å². The molecule has 0 aromatic heterocycles. The smallest absolute Gasteiger partial charge is 0.465 e. The number of carboxylic acid groups (broad SMARTS) is 1. The highest BCUT2D eigenvalue weighted by Gasteiger charge is 2.25. The van der Waals surface area contributed by atoms with E-state index < -0.39 is 14.9 Å². The summed E-state index contributed by atoms with van der Waals surface area (Å²) in [6.07, 6.45) is -0.937. The molecule has 0 fully saturated rings. The Morgan fingerprint density at radius 2 is 1.91 bits per heavy atom. The summed E-state index contributed by atoms with van der Waals surface area (Å²) in [7, 11) is -3.96. The molecule has 0 rings (SSSR count). The van der Waals surface area contributed by atoms with E-state index in [9.17, 15) is 4.79 Å². The van der Waals surface area contributed by atoms with Gasteiger partial charge in [0.2, 0.25) is 0 Å². The summed E-state index contributed by atoms with van der Waals surface area (Å²) in [5.74, 6) is 0. The molecule has 0 aromatic rings. The van der Waals surface area contributed by atoms with Gasteiger partial charge in [-0.05, 0) is 6.42 Å². The molecule has 0 saturated heterocycles. The van der Waals surface area contributed by atoms with Crippen molar-refractivity contribution < 1.29 is 24.3 Å². The van der Waals surface area contributed by atoms with Crippen molar-refractivity contribution in [3.8, 4) is 0 Å². The Morgan fingerprint density at radius 3 is 2.27 bits per heavy atom. The summed E-state index contributed by atoms with van der Waals surface area (Å²) < 4.78 is 0. The summed E-state index contributed by atoms with van der Waals surface area (Å²) in [6.45, 7) is 0.117. The fraction of sp³-hybridized carbons (Fsp3) is 0.750. The van der Waals surface area contributed by atoms with Crippen molar-refractivity contribution in [3.05, 3.63) is 0 Å². The molecule has 0 spiro atoms. The predicted molar refractivity (Wildman–Crippen MR) is 37.9 cm³/mol. The number of rotatable bonds is 4. The summed E-state index contributed by atoms with van der Waals surface area (Å²) >= 11 is 0. The van der Waals surface area contributed by atoms with E-state index in [1.807, 2.05) is 5.32 Å². The first-order valence-electron chi connectivity index (χ1n) is 3.06. The monoisotopic (exact) mass is 181 g/mol. The quantitative estimate of drug-likeness (QED) is 0.269. The van der Waals surface area contributed by atoms with Gasteiger partial charge in [-0.3, -0.25) is 0 Å². The Labute approximate surface area is 64.5 Å². The summed E-state index contributed by atoms with van der Waals surface area (Å²) in [5, 5.41) is 10.1. The number of hydrogen-bond acceptors (Lipinski definition) is 4. The van der Waals surface area contributed by atoms with Gasteiger partial charge in [0.25, 0.3) is 0 Å². The van der Waals surface area contributed by atoms with Gasteiger partial charge in [-0.2, -0.15) is 0 Å². The van der Waals surface area contributed by atoms with Crippen molar-refractivity contribution in [2.45, 2.75) is 12.5 Å². The molecule has 0 aromatic carbocycles. The lowest BCUT2D eigenvalue weighted by atomic mass is 10.5. The molecule has 5 N–H and O–H groups in total. The van der Waals surface area contributed by atoms with Gasteiger partial charge in [0.15, 0.2) is 0 Å². The molecule has 0 unspecified atom stereocenters. The van der Waals surface area contributed by atoms with Crippen molar-refractivity contribution in [1.82, 2.24) is 5.32 Å². The molecular weight excluding hydrogens is 170 g/mol. The van der Waals surface area contributed by atoms with Crippen molar-refractivity contribution in [3.63, 3.8) is 0 Å². The van der Waals surface area contributed by atoms with E-state index >= 15 is 0 Å². The molecule has 0 aliphatic carbocycles. The Balaban J connectivity index is 3.22. The van der Waals surface area contributed by atoms with Gasteiger partial charge in [0.05, 0.1) is 0 Å². The van der Waals surface area contributed by atoms with Gasteiger partial charge in [-0.15, -0.1) is 0 Å². The van der Waals surface area contributed by atoms with E-state index in [0.29, 0.717) is 0 Å². The Bertz CT molecular complexity index is 133. The van der Waals surface area contributed by atoms with E-state index in [1.54, 1.807) is 0 Å². The molecule has 7 heteroatoms. The van der Waals surface area contributed by atoms with Crippen LogP contribution in [0.25, 0.3) is 0 Å². The molecule has 0 heterocycles. The normalized spacial score (nSPS) is 11.2. The van der Waals surface area contributed by atoms with Crippen LogP contribution in [0.2, 0.25) is 6.04 Å². The van der Waals surface area contributed by atoms with Crippen molar-refractivity contribution in [1.29, 1.82) is 0 Å². The van der Waals surface area contributed by atoms with Crippen molar-refractivity contribution in [2.75, 3.05) is 6.54 Å². The largest absolute Gasteiger partial charge is 0.492 e. The highest BCUT2D eigenvalue weighted by atomic mass is 28.4. The zero-order valence-corrected chi connectivity index (χ0v) is 6.82. The molecule has 0 radical (unpaired) electrons. The number of hydrogen-bond donors (Lipinski definition) is 5. The van der Waals surface area contributed by atoms with Gasteiger partial charge >= 0.3 is 14.9 Å². The fourth-order valence-electron chi connectivity index (χ4n) is 0.521. The lowest BCUT2D eigenvalue weighted by Crippen LogP contribution is -2.35. The van der Waals surface area contributed by atoms with Gasteiger partial charge in [-0.25, -0.2) is 4.79 Å². The third-order valence-corrected chi connectivity index (χ3v) is 1.99. The second kappa shape index (κ2) is 4.29. The van der Waals surface area contributed by atoms with Crippen LogP contribution in [0.4, 0.5) is 4.79 Å². The zero-order valence-electron chi connectivity index (χ0n) is 5.82. The highest BCUT2D eigenvalue weighted by molar-refractivity contribution is 6.56. The molecule has 0 aliphatic rings. The van der Waals surface area contributed by atoms with E-state index in [1.165, 1.54) is 0 Å². The maximum atomic E-state index is 9.84. The number of carbonyl (C=O) groups is 1. The molecule has 0 aliphatic heterocycles. The number of nitrogens with one attached hydrogen (secondary N) is 1. The summed E-state index contributed by atoms with van der Waals surface area (Å²) in [5.41, 5.74) is 0. The van der Waals surface area contributed by atoms with E-state index in [4.69, 9.17) is 19.5 Å². The van der Waals surface area contributed by atoms with E-state index in [-0.39, 0.29) is 19.0 Å². The van der Waals surface area contributed by atoms with Crippen LogP contribution in [0.5, 0.6) is 0 Å². The van der Waals surface area contributed by atoms with E-state index in [0.717, 1.165) is 0 Å². The van der Waals surface area contributed by atoms with Crippen LogP contribution < -0.4 is 5.32 Å². The van der Waals surface area contributed by atoms with Crippen molar-refractivity contribution in [2.24, 2.45) is 0 Å². The third-order valence-electron chi connectivity index (χ3n) is 0.965. The first kappa shape index (κ1) is 10.4. The van der Waals surface area contributed by atoms with Crippen LogP contribution in [0.1, 0.15) is 6.42 Å². The maximum Gasteiger partial charge on any atom is 0.492 e. The highest BCUT2D eigenvalue weighted by Crippen LogP contribution is 1.98. The molecule has 11 heavy (non-hydrogen) atoms. The molecule has 0 saturated carbocycles. The lowest BCUT2D eigenvalue weighted by Gasteiger charge is -2.07. The SMILES string of the molecule is O=C(O)NCCC[Si](O)(O)O. The number of amides is 1. The van der Waals surface area contributed by atoms with Gasteiger partial charge < -0.3 is 24.8 Å². The maximum absolute atomic E-state index is 9.84. The molecule has 1 amide bonds. The minimum absolute atomic E-state index is 0.117. The Kier molecular flexibility index (Phi) is 4.04. The van der Waals surface area contributed by atoms with Crippen LogP contribution in [0.3, 0.4) is 0 Å². The van der Waals surface area contributed by atoms with Crippen LogP contribution in [-0.4, -0.2) is 40.9 Å².